The summed E-state index contributed by atoms with van der Waals surface area (Å²) in [5.74, 6) is 0.933. The number of nitrogens with zero attached hydrogens (tertiary/aromatic N) is 3. The lowest BCUT2D eigenvalue weighted by molar-refractivity contribution is -0.125. The molecule has 0 spiro atoms. The van der Waals surface area contributed by atoms with Crippen LogP contribution in [0.15, 0.2) is 84.7 Å². The van der Waals surface area contributed by atoms with E-state index in [0.717, 1.165) is 11.3 Å². The minimum atomic E-state index is -0.378. The van der Waals surface area contributed by atoms with E-state index in [2.05, 4.69) is 15.6 Å². The van der Waals surface area contributed by atoms with E-state index in [1.165, 1.54) is 17.4 Å². The Balaban J connectivity index is 1.29. The van der Waals surface area contributed by atoms with Gasteiger partial charge in [-0.05, 0) is 68.3 Å². The maximum absolute atomic E-state index is 13.5. The fourth-order valence-corrected chi connectivity index (χ4v) is 6.04. The first-order chi connectivity index (χ1) is 19.9. The number of carbonyl (C=O) groups excluding carboxylic acids is 3. The Labute approximate surface area is 240 Å². The Hall–Kier alpha value is -4.96. The predicted octanol–water partition coefficient (Wildman–Crippen LogP) is 6.50. The van der Waals surface area contributed by atoms with Gasteiger partial charge in [-0.3, -0.25) is 14.5 Å². The average molecular weight is 566 g/mol. The van der Waals surface area contributed by atoms with E-state index in [0.29, 0.717) is 63.1 Å². The second kappa shape index (κ2) is 10.9. The van der Waals surface area contributed by atoms with E-state index >= 15 is 0 Å². The highest BCUT2D eigenvalue weighted by Crippen LogP contribution is 2.46. The van der Waals surface area contributed by atoms with Gasteiger partial charge in [0, 0.05) is 18.4 Å². The van der Waals surface area contributed by atoms with Gasteiger partial charge in [-0.1, -0.05) is 30.4 Å². The highest BCUT2D eigenvalue weighted by atomic mass is 32.1. The van der Waals surface area contributed by atoms with Crippen molar-refractivity contribution in [2.45, 2.75) is 20.3 Å². The molecular formula is C31H27N5O4S. The molecule has 2 aliphatic heterocycles. The second-order valence-corrected chi connectivity index (χ2v) is 10.7. The minimum Gasteiger partial charge on any atom is -0.457 e. The summed E-state index contributed by atoms with van der Waals surface area (Å²) in [5, 5.41) is 6.58. The number of nitrogens with one attached hydrogen (secondary N) is 2. The van der Waals surface area contributed by atoms with Crippen LogP contribution in [-0.4, -0.2) is 40.8 Å². The molecule has 4 heterocycles. The average Bonchev–Trinajstić information content (AvgIpc) is 3.34. The molecule has 0 atom stereocenters. The van der Waals surface area contributed by atoms with Crippen LogP contribution in [0.3, 0.4) is 0 Å². The Morgan fingerprint density at radius 3 is 2.71 bits per heavy atom. The van der Waals surface area contributed by atoms with Gasteiger partial charge in [-0.15, -0.1) is 11.3 Å². The first-order valence-electron chi connectivity index (χ1n) is 13.2. The second-order valence-electron chi connectivity index (χ2n) is 9.68. The maximum Gasteiger partial charge on any atom is 0.331 e. The molecule has 6 rings (SSSR count). The van der Waals surface area contributed by atoms with Crippen LogP contribution in [0.2, 0.25) is 0 Å². The molecule has 206 valence electrons. The quantitative estimate of drug-likeness (QED) is 0.260. The Kier molecular flexibility index (Phi) is 6.98. The van der Waals surface area contributed by atoms with Gasteiger partial charge in [0.15, 0.2) is 0 Å². The van der Waals surface area contributed by atoms with Crippen LogP contribution in [0, 0.1) is 6.92 Å². The zero-order valence-corrected chi connectivity index (χ0v) is 23.3. The molecular weight excluding hydrogens is 538 g/mol. The standard InChI is InChI=1S/C31H27N5O4S/c1-3-8-25(37)35-16-7-9-20(18-35)33-29(38)28-27-26-24(14-15-32-30(26)41-28)36(31(39)34-27)23-13-12-22(17-19(23)2)40-21-10-5-4-6-11-21/h3-6,8-15,17H,7,16,18H2,1-2H3,(H,33,38)(H,34,39)/b8-3-. The van der Waals surface area contributed by atoms with Crippen LogP contribution in [-0.2, 0) is 4.79 Å². The number of hydrogen-bond donors (Lipinski definition) is 2. The van der Waals surface area contributed by atoms with Crippen molar-refractivity contribution >= 4 is 56.5 Å². The van der Waals surface area contributed by atoms with Crippen molar-refractivity contribution in [2.24, 2.45) is 0 Å². The van der Waals surface area contributed by atoms with Crippen molar-refractivity contribution in [2.75, 3.05) is 23.3 Å². The van der Waals surface area contributed by atoms with E-state index in [1.807, 2.05) is 61.5 Å². The normalized spacial score (nSPS) is 14.7. The molecule has 0 fully saturated rings. The van der Waals surface area contributed by atoms with E-state index in [1.54, 1.807) is 35.1 Å². The third-order valence-electron chi connectivity index (χ3n) is 6.89. The molecule has 0 aliphatic carbocycles. The van der Waals surface area contributed by atoms with Gasteiger partial charge in [-0.2, -0.15) is 0 Å². The molecule has 0 bridgehead atoms. The van der Waals surface area contributed by atoms with E-state index in [-0.39, 0.29) is 17.8 Å². The van der Waals surface area contributed by atoms with Crippen LogP contribution in [0.4, 0.5) is 21.9 Å². The maximum atomic E-state index is 13.5. The molecule has 4 amide bonds. The van der Waals surface area contributed by atoms with Crippen LogP contribution >= 0.6 is 11.3 Å². The summed E-state index contributed by atoms with van der Waals surface area (Å²) in [5.41, 5.74) is 3.26. The summed E-state index contributed by atoms with van der Waals surface area (Å²) in [6.07, 6.45) is 7.42. The lowest BCUT2D eigenvalue weighted by Crippen LogP contribution is -2.39. The number of benzene rings is 2. The molecule has 4 aromatic rings. The van der Waals surface area contributed by atoms with Gasteiger partial charge in [-0.25, -0.2) is 9.78 Å². The summed E-state index contributed by atoms with van der Waals surface area (Å²) >= 11 is 1.22. The number of amides is 4. The number of anilines is 3. The molecule has 41 heavy (non-hydrogen) atoms. The Morgan fingerprint density at radius 1 is 1.10 bits per heavy atom. The molecule has 0 unspecified atom stereocenters. The number of hydrogen-bond acceptors (Lipinski definition) is 6. The number of rotatable bonds is 6. The lowest BCUT2D eigenvalue weighted by Gasteiger charge is -2.30. The fraction of sp³-hybridized carbons (Fsp3) is 0.161. The molecule has 0 saturated heterocycles. The zero-order chi connectivity index (χ0) is 28.5. The van der Waals surface area contributed by atoms with Gasteiger partial charge >= 0.3 is 6.03 Å². The molecule has 2 aliphatic rings. The number of aromatic nitrogens is 1. The van der Waals surface area contributed by atoms with E-state index in [4.69, 9.17) is 4.74 Å². The molecule has 2 aromatic heterocycles. The van der Waals surface area contributed by atoms with Crippen molar-refractivity contribution in [1.29, 1.82) is 0 Å². The topological polar surface area (TPSA) is 104 Å². The van der Waals surface area contributed by atoms with Gasteiger partial charge in [0.25, 0.3) is 5.91 Å². The van der Waals surface area contributed by atoms with Crippen LogP contribution in [0.25, 0.3) is 10.2 Å². The van der Waals surface area contributed by atoms with Crippen molar-refractivity contribution in [3.63, 3.8) is 0 Å². The van der Waals surface area contributed by atoms with Crippen molar-refractivity contribution < 1.29 is 19.1 Å². The molecule has 10 heteroatoms. The summed E-state index contributed by atoms with van der Waals surface area (Å²) in [7, 11) is 0. The minimum absolute atomic E-state index is 0.0968. The monoisotopic (exact) mass is 565 g/mol. The summed E-state index contributed by atoms with van der Waals surface area (Å²) in [6, 6.07) is 16.5. The van der Waals surface area contributed by atoms with Gasteiger partial charge < -0.3 is 20.3 Å². The van der Waals surface area contributed by atoms with Crippen molar-refractivity contribution in [3.8, 4) is 11.5 Å². The number of ether oxygens (including phenoxy) is 1. The Bertz CT molecular complexity index is 1740. The number of urea groups is 1. The van der Waals surface area contributed by atoms with Gasteiger partial charge in [0.2, 0.25) is 5.91 Å². The number of carbonyl (C=O) groups is 3. The summed E-state index contributed by atoms with van der Waals surface area (Å²) < 4.78 is 5.96. The highest BCUT2D eigenvalue weighted by molar-refractivity contribution is 7.21. The van der Waals surface area contributed by atoms with Crippen LogP contribution in [0.5, 0.6) is 11.5 Å². The fourth-order valence-electron chi connectivity index (χ4n) is 5.02. The number of pyridine rings is 1. The van der Waals surface area contributed by atoms with Gasteiger partial charge in [0.05, 0.1) is 29.0 Å². The number of para-hydroxylation sites is 1. The molecule has 0 radical (unpaired) electrons. The van der Waals surface area contributed by atoms with Crippen LogP contribution in [0.1, 0.15) is 28.6 Å². The molecule has 9 nitrogen and oxygen atoms in total. The largest absolute Gasteiger partial charge is 0.457 e. The first kappa shape index (κ1) is 26.3. The first-order valence-corrected chi connectivity index (χ1v) is 14.0. The highest BCUT2D eigenvalue weighted by Gasteiger charge is 2.33. The van der Waals surface area contributed by atoms with Crippen molar-refractivity contribution in [1.82, 2.24) is 15.2 Å². The van der Waals surface area contributed by atoms with Crippen LogP contribution < -0.4 is 20.3 Å². The van der Waals surface area contributed by atoms with E-state index in [9.17, 15) is 14.4 Å². The lowest BCUT2D eigenvalue weighted by atomic mass is 10.1. The smallest absolute Gasteiger partial charge is 0.331 e. The number of allylic oxidation sites excluding steroid dienone is 1. The van der Waals surface area contributed by atoms with E-state index < -0.39 is 0 Å². The number of aryl methyl sites for hydroxylation is 1. The molecule has 2 aromatic carbocycles. The number of thiophene rings is 1. The van der Waals surface area contributed by atoms with Crippen molar-refractivity contribution in [3.05, 3.63) is 95.2 Å². The third-order valence-corrected chi connectivity index (χ3v) is 7.98. The molecule has 0 saturated carbocycles. The summed E-state index contributed by atoms with van der Waals surface area (Å²) in [6.45, 7) is 4.61. The summed E-state index contributed by atoms with van der Waals surface area (Å²) in [4.78, 5) is 48.0. The Morgan fingerprint density at radius 2 is 1.93 bits per heavy atom. The third kappa shape index (κ3) is 5.05. The molecule has 2 N–H and O–H groups in total. The van der Waals surface area contributed by atoms with Gasteiger partial charge in [0.1, 0.15) is 21.2 Å². The SMILES string of the molecule is C/C=C\C(=O)N1CCC=C(NC(=O)c2sc3nccc4c3c2NC(=O)N4c2ccc(Oc3ccccc3)cc2C)C1. The zero-order valence-electron chi connectivity index (χ0n) is 22.5. The predicted molar refractivity (Wildman–Crippen MR) is 160 cm³/mol.